The molecule has 0 saturated heterocycles. The van der Waals surface area contributed by atoms with Crippen LogP contribution >= 0.6 is 15.9 Å². The SMILES string of the molecule is CC(C)COc1ccccc1NCc1ccc(Br)o1. The third-order valence-electron chi connectivity index (χ3n) is 2.54. The summed E-state index contributed by atoms with van der Waals surface area (Å²) in [6.07, 6.45) is 0. The van der Waals surface area contributed by atoms with Crippen LogP contribution in [0, 0.1) is 5.92 Å². The van der Waals surface area contributed by atoms with Gasteiger partial charge in [0.2, 0.25) is 0 Å². The van der Waals surface area contributed by atoms with Gasteiger partial charge in [-0.25, -0.2) is 0 Å². The lowest BCUT2D eigenvalue weighted by atomic mass is 10.2. The molecule has 3 nitrogen and oxygen atoms in total. The lowest BCUT2D eigenvalue weighted by molar-refractivity contribution is 0.272. The van der Waals surface area contributed by atoms with Gasteiger partial charge in [-0.05, 0) is 46.1 Å². The number of nitrogens with one attached hydrogen (secondary N) is 1. The molecular weight excluding hydrogens is 306 g/mol. The van der Waals surface area contributed by atoms with Crippen molar-refractivity contribution in [1.29, 1.82) is 0 Å². The lowest BCUT2D eigenvalue weighted by Gasteiger charge is -2.13. The van der Waals surface area contributed by atoms with Crippen molar-refractivity contribution in [2.75, 3.05) is 11.9 Å². The highest BCUT2D eigenvalue weighted by atomic mass is 79.9. The normalized spacial score (nSPS) is 10.7. The molecule has 19 heavy (non-hydrogen) atoms. The van der Waals surface area contributed by atoms with Gasteiger partial charge in [0.1, 0.15) is 11.5 Å². The fraction of sp³-hybridized carbons (Fsp3) is 0.333. The largest absolute Gasteiger partial charge is 0.491 e. The van der Waals surface area contributed by atoms with E-state index in [2.05, 4.69) is 35.1 Å². The van der Waals surface area contributed by atoms with Crippen molar-refractivity contribution < 1.29 is 9.15 Å². The number of para-hydroxylation sites is 2. The van der Waals surface area contributed by atoms with Crippen molar-refractivity contribution in [3.8, 4) is 5.75 Å². The van der Waals surface area contributed by atoms with Crippen LogP contribution in [0.5, 0.6) is 5.75 Å². The second-order valence-corrected chi connectivity index (χ2v) is 5.54. The molecule has 0 aliphatic carbocycles. The first kappa shape index (κ1) is 14.0. The molecule has 0 saturated carbocycles. The second-order valence-electron chi connectivity index (χ2n) is 4.76. The predicted octanol–water partition coefficient (Wildman–Crippen LogP) is 4.69. The zero-order chi connectivity index (χ0) is 13.7. The third kappa shape index (κ3) is 4.31. The monoisotopic (exact) mass is 323 g/mol. The Hall–Kier alpha value is -1.42. The maximum atomic E-state index is 5.79. The Bertz CT molecular complexity index is 522. The minimum Gasteiger partial charge on any atom is -0.491 e. The number of hydrogen-bond acceptors (Lipinski definition) is 3. The third-order valence-corrected chi connectivity index (χ3v) is 2.97. The van der Waals surface area contributed by atoms with Crippen molar-refractivity contribution in [3.63, 3.8) is 0 Å². The summed E-state index contributed by atoms with van der Waals surface area (Å²) in [4.78, 5) is 0. The summed E-state index contributed by atoms with van der Waals surface area (Å²) in [5.41, 5.74) is 0.982. The van der Waals surface area contributed by atoms with E-state index in [0.717, 1.165) is 21.9 Å². The molecule has 0 aliphatic heterocycles. The summed E-state index contributed by atoms with van der Waals surface area (Å²) >= 11 is 3.29. The van der Waals surface area contributed by atoms with Gasteiger partial charge in [-0.15, -0.1) is 0 Å². The van der Waals surface area contributed by atoms with Gasteiger partial charge in [0.15, 0.2) is 4.67 Å². The van der Waals surface area contributed by atoms with Gasteiger partial charge >= 0.3 is 0 Å². The first-order valence-corrected chi connectivity index (χ1v) is 7.14. The molecule has 0 amide bonds. The van der Waals surface area contributed by atoms with Gasteiger partial charge in [0, 0.05) is 0 Å². The fourth-order valence-electron chi connectivity index (χ4n) is 1.62. The minimum atomic E-state index is 0.508. The number of anilines is 1. The van der Waals surface area contributed by atoms with E-state index < -0.39 is 0 Å². The van der Waals surface area contributed by atoms with Crippen LogP contribution in [-0.2, 0) is 6.54 Å². The Balaban J connectivity index is 1.99. The number of benzene rings is 1. The summed E-state index contributed by atoms with van der Waals surface area (Å²) in [6, 6.07) is 11.8. The van der Waals surface area contributed by atoms with E-state index >= 15 is 0 Å². The average molecular weight is 324 g/mol. The van der Waals surface area contributed by atoms with Gasteiger partial charge in [-0.1, -0.05) is 26.0 Å². The van der Waals surface area contributed by atoms with Crippen LogP contribution in [0.15, 0.2) is 45.5 Å². The number of halogens is 1. The Kier molecular flexibility index (Phi) is 4.91. The summed E-state index contributed by atoms with van der Waals surface area (Å²) < 4.78 is 12.0. The first-order chi connectivity index (χ1) is 9.15. The molecule has 2 aromatic rings. The molecule has 0 spiro atoms. The van der Waals surface area contributed by atoms with Gasteiger partial charge in [-0.3, -0.25) is 0 Å². The zero-order valence-corrected chi connectivity index (χ0v) is 12.7. The summed E-state index contributed by atoms with van der Waals surface area (Å²) in [5.74, 6) is 2.27. The van der Waals surface area contributed by atoms with Gasteiger partial charge in [0.05, 0.1) is 18.8 Å². The molecule has 1 heterocycles. The molecule has 0 fully saturated rings. The van der Waals surface area contributed by atoms with Gasteiger partial charge < -0.3 is 14.5 Å². The highest BCUT2D eigenvalue weighted by molar-refractivity contribution is 9.10. The fourth-order valence-corrected chi connectivity index (χ4v) is 1.96. The molecule has 4 heteroatoms. The van der Waals surface area contributed by atoms with Crippen molar-refractivity contribution in [2.24, 2.45) is 5.92 Å². The van der Waals surface area contributed by atoms with Gasteiger partial charge in [-0.2, -0.15) is 0 Å². The summed E-state index contributed by atoms with van der Waals surface area (Å²) in [6.45, 7) is 5.62. The van der Waals surface area contributed by atoms with Crippen LogP contribution in [0.25, 0.3) is 0 Å². The molecular formula is C15H18BrNO2. The number of furan rings is 1. The Morgan fingerprint density at radius 2 is 2.00 bits per heavy atom. The number of rotatable bonds is 6. The first-order valence-electron chi connectivity index (χ1n) is 6.35. The quantitative estimate of drug-likeness (QED) is 0.837. The van der Waals surface area contributed by atoms with Crippen LogP contribution in [0.3, 0.4) is 0 Å². The summed E-state index contributed by atoms with van der Waals surface area (Å²) in [5, 5.41) is 3.33. The molecule has 0 bridgehead atoms. The minimum absolute atomic E-state index is 0.508. The van der Waals surface area contributed by atoms with E-state index in [4.69, 9.17) is 9.15 Å². The van der Waals surface area contributed by atoms with E-state index in [0.29, 0.717) is 19.1 Å². The second kappa shape index (κ2) is 6.66. The Morgan fingerprint density at radius 1 is 1.21 bits per heavy atom. The maximum Gasteiger partial charge on any atom is 0.169 e. The van der Waals surface area contributed by atoms with Crippen LogP contribution < -0.4 is 10.1 Å². The standard InChI is InChI=1S/C15H18BrNO2/c1-11(2)10-18-14-6-4-3-5-13(14)17-9-12-7-8-15(16)19-12/h3-8,11,17H,9-10H2,1-2H3. The van der Waals surface area contributed by atoms with Gasteiger partial charge in [0.25, 0.3) is 0 Å². The molecule has 0 unspecified atom stereocenters. The highest BCUT2D eigenvalue weighted by Crippen LogP contribution is 2.25. The highest BCUT2D eigenvalue weighted by Gasteiger charge is 2.05. The number of ether oxygens (including phenoxy) is 1. The smallest absolute Gasteiger partial charge is 0.169 e. The topological polar surface area (TPSA) is 34.4 Å². The molecule has 0 radical (unpaired) electrons. The molecule has 0 atom stereocenters. The lowest BCUT2D eigenvalue weighted by Crippen LogP contribution is -2.07. The molecule has 2 rings (SSSR count). The van der Waals surface area contributed by atoms with E-state index in [1.807, 2.05) is 36.4 Å². The average Bonchev–Trinajstić information content (AvgIpc) is 2.80. The van der Waals surface area contributed by atoms with Crippen LogP contribution in [0.2, 0.25) is 0 Å². The molecule has 1 N–H and O–H groups in total. The van der Waals surface area contributed by atoms with E-state index in [1.165, 1.54) is 0 Å². The van der Waals surface area contributed by atoms with E-state index in [9.17, 15) is 0 Å². The van der Waals surface area contributed by atoms with Crippen molar-refractivity contribution >= 4 is 21.6 Å². The molecule has 0 aliphatic rings. The predicted molar refractivity (Wildman–Crippen MR) is 80.5 cm³/mol. The van der Waals surface area contributed by atoms with Crippen molar-refractivity contribution in [2.45, 2.75) is 20.4 Å². The maximum absolute atomic E-state index is 5.79. The van der Waals surface area contributed by atoms with E-state index in [1.54, 1.807) is 0 Å². The Labute approximate surface area is 122 Å². The van der Waals surface area contributed by atoms with Crippen LogP contribution in [0.1, 0.15) is 19.6 Å². The zero-order valence-electron chi connectivity index (χ0n) is 11.2. The van der Waals surface area contributed by atoms with Crippen LogP contribution in [-0.4, -0.2) is 6.61 Å². The molecule has 102 valence electrons. The van der Waals surface area contributed by atoms with Crippen LogP contribution in [0.4, 0.5) is 5.69 Å². The molecule has 1 aromatic carbocycles. The summed E-state index contributed by atoms with van der Waals surface area (Å²) in [7, 11) is 0. The molecule has 1 aromatic heterocycles. The Morgan fingerprint density at radius 3 is 2.68 bits per heavy atom. The van der Waals surface area contributed by atoms with Crippen molar-refractivity contribution in [3.05, 3.63) is 46.8 Å². The van der Waals surface area contributed by atoms with E-state index in [-0.39, 0.29) is 0 Å². The van der Waals surface area contributed by atoms with Crippen molar-refractivity contribution in [1.82, 2.24) is 0 Å². The number of hydrogen-bond donors (Lipinski definition) is 1.